The molecule has 0 atom stereocenters. The van der Waals surface area contributed by atoms with Crippen molar-refractivity contribution in [2.75, 3.05) is 18.8 Å². The molecule has 128 valence electrons. The van der Waals surface area contributed by atoms with Gasteiger partial charge in [-0.15, -0.1) is 0 Å². The fourth-order valence-electron chi connectivity index (χ4n) is 3.25. The number of piperidine rings is 1. The Morgan fingerprint density at radius 2 is 1.71 bits per heavy atom. The molecule has 3 rings (SSSR count). The van der Waals surface area contributed by atoms with Crippen LogP contribution in [0.1, 0.15) is 29.9 Å². The fraction of sp³-hybridized carbons (Fsp3) is 0.368. The van der Waals surface area contributed by atoms with Crippen LogP contribution in [-0.4, -0.2) is 31.6 Å². The lowest BCUT2D eigenvalue weighted by Crippen LogP contribution is -2.39. The van der Waals surface area contributed by atoms with Crippen LogP contribution in [0.25, 0.3) is 0 Å². The van der Waals surface area contributed by atoms with E-state index in [0.29, 0.717) is 19.5 Å². The Balaban J connectivity index is 1.57. The van der Waals surface area contributed by atoms with Crippen molar-refractivity contribution in [2.45, 2.75) is 25.2 Å². The Morgan fingerprint density at radius 3 is 2.38 bits per heavy atom. The van der Waals surface area contributed by atoms with Crippen LogP contribution in [0.15, 0.2) is 54.6 Å². The van der Waals surface area contributed by atoms with Gasteiger partial charge in [-0.1, -0.05) is 42.5 Å². The Labute approximate surface area is 143 Å². The molecule has 0 aliphatic carbocycles. The average molecular weight is 347 g/mol. The van der Waals surface area contributed by atoms with Crippen LogP contribution in [0, 0.1) is 5.82 Å². The van der Waals surface area contributed by atoms with E-state index >= 15 is 0 Å². The average Bonchev–Trinajstić information content (AvgIpc) is 2.61. The summed E-state index contributed by atoms with van der Waals surface area (Å²) in [6.07, 6.45) is 2.02. The van der Waals surface area contributed by atoms with Gasteiger partial charge in [-0.25, -0.2) is 17.1 Å². The van der Waals surface area contributed by atoms with Crippen molar-refractivity contribution >= 4 is 10.0 Å². The van der Waals surface area contributed by atoms with E-state index < -0.39 is 10.0 Å². The second-order valence-corrected chi connectivity index (χ2v) is 8.37. The topological polar surface area (TPSA) is 37.4 Å². The number of aryl methyl sites for hydroxylation is 1. The van der Waals surface area contributed by atoms with E-state index in [1.54, 1.807) is 16.4 Å². The third-order valence-corrected chi connectivity index (χ3v) is 6.53. The summed E-state index contributed by atoms with van der Waals surface area (Å²) in [5.41, 5.74) is 2.01. The first-order chi connectivity index (χ1) is 11.5. The Hall–Kier alpha value is -1.72. The minimum absolute atomic E-state index is 0.141. The second-order valence-electron chi connectivity index (χ2n) is 6.28. The molecule has 2 aromatic carbocycles. The maximum absolute atomic E-state index is 13.3. The molecule has 5 heteroatoms. The fourth-order valence-corrected chi connectivity index (χ4v) is 4.77. The van der Waals surface area contributed by atoms with E-state index in [-0.39, 0.29) is 17.5 Å². The van der Waals surface area contributed by atoms with E-state index in [2.05, 4.69) is 0 Å². The normalized spacial score (nSPS) is 17.0. The second kappa shape index (κ2) is 7.45. The van der Waals surface area contributed by atoms with E-state index in [4.69, 9.17) is 0 Å². The van der Waals surface area contributed by atoms with Crippen LogP contribution in [0.2, 0.25) is 0 Å². The van der Waals surface area contributed by atoms with Crippen LogP contribution in [0.5, 0.6) is 0 Å². The molecule has 0 aromatic heterocycles. The zero-order valence-electron chi connectivity index (χ0n) is 13.6. The summed E-state index contributed by atoms with van der Waals surface area (Å²) >= 11 is 0. The third kappa shape index (κ3) is 4.22. The summed E-state index contributed by atoms with van der Waals surface area (Å²) < 4.78 is 40.0. The van der Waals surface area contributed by atoms with Crippen molar-refractivity contribution in [1.29, 1.82) is 0 Å². The van der Waals surface area contributed by atoms with Gasteiger partial charge in [0.15, 0.2) is 0 Å². The molecule has 0 radical (unpaired) electrons. The monoisotopic (exact) mass is 347 g/mol. The van der Waals surface area contributed by atoms with Gasteiger partial charge in [0.2, 0.25) is 10.0 Å². The highest BCUT2D eigenvalue weighted by molar-refractivity contribution is 7.89. The van der Waals surface area contributed by atoms with E-state index in [1.165, 1.54) is 6.07 Å². The maximum atomic E-state index is 13.3. The van der Waals surface area contributed by atoms with Crippen molar-refractivity contribution in [2.24, 2.45) is 0 Å². The zero-order valence-corrected chi connectivity index (χ0v) is 14.4. The van der Waals surface area contributed by atoms with Crippen LogP contribution < -0.4 is 0 Å². The Kier molecular flexibility index (Phi) is 5.31. The molecule has 2 aromatic rings. The smallest absolute Gasteiger partial charge is 0.212 e. The van der Waals surface area contributed by atoms with Crippen LogP contribution in [-0.2, 0) is 16.4 Å². The molecule has 0 N–H and O–H groups in total. The predicted octanol–water partition coefficient (Wildman–Crippen LogP) is 3.58. The summed E-state index contributed by atoms with van der Waals surface area (Å²) in [6.45, 7) is 1.02. The van der Waals surface area contributed by atoms with Gasteiger partial charge in [-0.2, -0.15) is 0 Å². The van der Waals surface area contributed by atoms with Crippen LogP contribution >= 0.6 is 0 Å². The summed E-state index contributed by atoms with van der Waals surface area (Å²) in [5, 5.41) is 0. The predicted molar refractivity (Wildman–Crippen MR) is 93.9 cm³/mol. The molecule has 1 heterocycles. The van der Waals surface area contributed by atoms with Gasteiger partial charge in [0.05, 0.1) is 5.75 Å². The quantitative estimate of drug-likeness (QED) is 0.829. The Bertz CT molecular complexity index is 769. The molecule has 0 bridgehead atoms. The molecule has 1 saturated heterocycles. The molecule has 3 nitrogen and oxygen atoms in total. The summed E-state index contributed by atoms with van der Waals surface area (Å²) in [7, 11) is -3.24. The molecular weight excluding hydrogens is 325 g/mol. The first-order valence-electron chi connectivity index (χ1n) is 8.32. The minimum atomic E-state index is -3.24. The van der Waals surface area contributed by atoms with Gasteiger partial charge in [-0.05, 0) is 48.4 Å². The summed E-state index contributed by atoms with van der Waals surface area (Å²) in [5.74, 6) is 0.147. The molecular formula is C19H22FNO2S. The first kappa shape index (κ1) is 17.1. The SMILES string of the molecule is O=S(=O)(CCc1ccccc1)N1CCC(c2cccc(F)c2)CC1. The van der Waals surface area contributed by atoms with Crippen LogP contribution in [0.3, 0.4) is 0 Å². The maximum Gasteiger partial charge on any atom is 0.214 e. The molecule has 24 heavy (non-hydrogen) atoms. The van der Waals surface area contributed by atoms with Crippen molar-refractivity contribution in [3.63, 3.8) is 0 Å². The first-order valence-corrected chi connectivity index (χ1v) is 9.93. The number of sulfonamides is 1. The molecule has 0 spiro atoms. The standard InChI is InChI=1S/C19H22FNO2S/c20-19-8-4-7-18(15-19)17-9-12-21(13-10-17)24(22,23)14-11-16-5-2-1-3-6-16/h1-8,15,17H,9-14H2. The van der Waals surface area contributed by atoms with Crippen molar-refractivity contribution in [3.8, 4) is 0 Å². The summed E-state index contributed by atoms with van der Waals surface area (Å²) in [4.78, 5) is 0. The number of rotatable bonds is 5. The largest absolute Gasteiger partial charge is 0.214 e. The number of benzene rings is 2. The lowest BCUT2D eigenvalue weighted by atomic mass is 9.90. The molecule has 1 aliphatic rings. The number of hydrogen-bond acceptors (Lipinski definition) is 2. The number of nitrogens with zero attached hydrogens (tertiary/aromatic N) is 1. The van der Waals surface area contributed by atoms with Gasteiger partial charge in [0.25, 0.3) is 0 Å². The van der Waals surface area contributed by atoms with Gasteiger partial charge in [-0.3, -0.25) is 0 Å². The summed E-state index contributed by atoms with van der Waals surface area (Å²) in [6, 6.07) is 16.3. The number of hydrogen-bond donors (Lipinski definition) is 0. The molecule has 0 unspecified atom stereocenters. The van der Waals surface area contributed by atoms with Crippen molar-refractivity contribution in [1.82, 2.24) is 4.31 Å². The van der Waals surface area contributed by atoms with E-state index in [0.717, 1.165) is 24.0 Å². The van der Waals surface area contributed by atoms with Crippen molar-refractivity contribution < 1.29 is 12.8 Å². The minimum Gasteiger partial charge on any atom is -0.212 e. The number of halogens is 1. The van der Waals surface area contributed by atoms with Crippen molar-refractivity contribution in [3.05, 3.63) is 71.5 Å². The molecule has 1 fully saturated rings. The zero-order chi connectivity index (χ0) is 17.0. The third-order valence-electron chi connectivity index (χ3n) is 4.66. The highest BCUT2D eigenvalue weighted by Crippen LogP contribution is 2.29. The molecule has 1 aliphatic heterocycles. The lowest BCUT2D eigenvalue weighted by Gasteiger charge is -2.31. The highest BCUT2D eigenvalue weighted by atomic mass is 32.2. The highest BCUT2D eigenvalue weighted by Gasteiger charge is 2.28. The van der Waals surface area contributed by atoms with Gasteiger partial charge >= 0.3 is 0 Å². The van der Waals surface area contributed by atoms with Crippen LogP contribution in [0.4, 0.5) is 4.39 Å². The molecule has 0 saturated carbocycles. The van der Waals surface area contributed by atoms with E-state index in [9.17, 15) is 12.8 Å². The lowest BCUT2D eigenvalue weighted by molar-refractivity contribution is 0.319. The molecule has 0 amide bonds. The van der Waals surface area contributed by atoms with Gasteiger partial charge in [0, 0.05) is 13.1 Å². The van der Waals surface area contributed by atoms with Gasteiger partial charge < -0.3 is 0 Å². The Morgan fingerprint density at radius 1 is 1.00 bits per heavy atom. The van der Waals surface area contributed by atoms with Gasteiger partial charge in [0.1, 0.15) is 5.82 Å². The van der Waals surface area contributed by atoms with E-state index in [1.807, 2.05) is 36.4 Å².